The SMILES string of the molecule is NC1(CCc2cc(Br)cnc2Cl)CC1. The Hall–Kier alpha value is -0.120. The second-order valence-corrected chi connectivity index (χ2v) is 5.24. The highest BCUT2D eigenvalue weighted by Crippen LogP contribution is 2.37. The van der Waals surface area contributed by atoms with Gasteiger partial charge >= 0.3 is 0 Å². The zero-order valence-corrected chi connectivity index (χ0v) is 10.1. The fourth-order valence-electron chi connectivity index (χ4n) is 1.43. The standard InChI is InChI=1S/C10H12BrClN2/c11-8-5-7(9(12)14-6-8)1-2-10(13)3-4-10/h5-6H,1-4,13H2. The maximum absolute atomic E-state index is 6.01. The van der Waals surface area contributed by atoms with Crippen LogP contribution in [0.4, 0.5) is 0 Å². The first-order valence-electron chi connectivity index (χ1n) is 4.68. The van der Waals surface area contributed by atoms with E-state index in [1.165, 1.54) is 0 Å². The van der Waals surface area contributed by atoms with Crippen molar-refractivity contribution in [1.82, 2.24) is 4.98 Å². The molecule has 0 bridgehead atoms. The number of halogens is 2. The van der Waals surface area contributed by atoms with Gasteiger partial charge in [-0.05, 0) is 53.2 Å². The van der Waals surface area contributed by atoms with Crippen LogP contribution in [0, 0.1) is 0 Å². The maximum atomic E-state index is 6.01. The molecule has 4 heteroatoms. The number of pyridine rings is 1. The maximum Gasteiger partial charge on any atom is 0.132 e. The summed E-state index contributed by atoms with van der Waals surface area (Å²) in [6, 6.07) is 2.01. The molecular weight excluding hydrogens is 263 g/mol. The topological polar surface area (TPSA) is 38.9 Å². The summed E-state index contributed by atoms with van der Waals surface area (Å²) in [4.78, 5) is 4.08. The van der Waals surface area contributed by atoms with Gasteiger partial charge in [0.1, 0.15) is 5.15 Å². The largest absolute Gasteiger partial charge is 0.325 e. The zero-order chi connectivity index (χ0) is 10.2. The summed E-state index contributed by atoms with van der Waals surface area (Å²) in [7, 11) is 0. The second kappa shape index (κ2) is 3.80. The van der Waals surface area contributed by atoms with Crippen molar-refractivity contribution in [3.63, 3.8) is 0 Å². The van der Waals surface area contributed by atoms with E-state index in [1.54, 1.807) is 6.20 Å². The zero-order valence-electron chi connectivity index (χ0n) is 7.76. The minimum atomic E-state index is 0.0889. The Bertz CT molecular complexity index is 350. The van der Waals surface area contributed by atoms with Crippen LogP contribution in [0.2, 0.25) is 5.15 Å². The first kappa shape index (κ1) is 10.4. The lowest BCUT2D eigenvalue weighted by molar-refractivity contribution is 0.608. The second-order valence-electron chi connectivity index (χ2n) is 3.97. The lowest BCUT2D eigenvalue weighted by Gasteiger charge is -2.08. The van der Waals surface area contributed by atoms with E-state index in [0.29, 0.717) is 5.15 Å². The van der Waals surface area contributed by atoms with Crippen molar-refractivity contribution in [3.8, 4) is 0 Å². The average molecular weight is 276 g/mol. The minimum absolute atomic E-state index is 0.0889. The van der Waals surface area contributed by atoms with E-state index in [0.717, 1.165) is 35.7 Å². The summed E-state index contributed by atoms with van der Waals surface area (Å²) < 4.78 is 0.971. The number of rotatable bonds is 3. The van der Waals surface area contributed by atoms with E-state index in [4.69, 9.17) is 17.3 Å². The molecule has 2 nitrogen and oxygen atoms in total. The Balaban J connectivity index is 2.04. The summed E-state index contributed by atoms with van der Waals surface area (Å²) in [5, 5.41) is 0.595. The molecule has 1 aliphatic rings. The minimum Gasteiger partial charge on any atom is -0.325 e. The summed E-state index contributed by atoms with van der Waals surface area (Å²) in [5.41, 5.74) is 7.18. The molecule has 0 unspecified atom stereocenters. The predicted octanol–water partition coefficient (Wildman–Crippen LogP) is 2.92. The highest BCUT2D eigenvalue weighted by atomic mass is 79.9. The third kappa shape index (κ3) is 2.47. The first-order chi connectivity index (χ1) is 6.59. The molecule has 14 heavy (non-hydrogen) atoms. The average Bonchev–Trinajstić information content (AvgIpc) is 2.87. The van der Waals surface area contributed by atoms with Gasteiger partial charge in [0.15, 0.2) is 0 Å². The van der Waals surface area contributed by atoms with Crippen molar-refractivity contribution in [2.24, 2.45) is 5.73 Å². The molecule has 1 saturated carbocycles. The molecule has 1 aliphatic carbocycles. The highest BCUT2D eigenvalue weighted by molar-refractivity contribution is 9.10. The van der Waals surface area contributed by atoms with Gasteiger partial charge in [-0.1, -0.05) is 11.6 Å². The van der Waals surface area contributed by atoms with Crippen LogP contribution < -0.4 is 5.73 Å². The van der Waals surface area contributed by atoms with Crippen LogP contribution in [0.15, 0.2) is 16.7 Å². The van der Waals surface area contributed by atoms with Crippen LogP contribution in [0.1, 0.15) is 24.8 Å². The molecule has 1 heterocycles. The van der Waals surface area contributed by atoms with Gasteiger partial charge in [0.2, 0.25) is 0 Å². The van der Waals surface area contributed by atoms with E-state index >= 15 is 0 Å². The lowest BCUT2D eigenvalue weighted by atomic mass is 10.1. The number of nitrogens with zero attached hydrogens (tertiary/aromatic N) is 1. The Kier molecular flexibility index (Phi) is 2.82. The summed E-state index contributed by atoms with van der Waals surface area (Å²) in [6.45, 7) is 0. The number of hydrogen-bond acceptors (Lipinski definition) is 2. The summed E-state index contributed by atoms with van der Waals surface area (Å²) >= 11 is 9.35. The molecule has 2 N–H and O–H groups in total. The van der Waals surface area contributed by atoms with Gasteiger partial charge in [-0.15, -0.1) is 0 Å². The van der Waals surface area contributed by atoms with Crippen molar-refractivity contribution >= 4 is 27.5 Å². The van der Waals surface area contributed by atoms with Crippen molar-refractivity contribution in [3.05, 3.63) is 27.5 Å². The van der Waals surface area contributed by atoms with Gasteiger partial charge in [-0.2, -0.15) is 0 Å². The monoisotopic (exact) mass is 274 g/mol. The molecule has 0 radical (unpaired) electrons. The van der Waals surface area contributed by atoms with E-state index in [-0.39, 0.29) is 5.54 Å². The fraction of sp³-hybridized carbons (Fsp3) is 0.500. The number of aryl methyl sites for hydroxylation is 1. The molecule has 0 aromatic carbocycles. The molecule has 0 amide bonds. The fourth-order valence-corrected chi connectivity index (χ4v) is 2.01. The van der Waals surface area contributed by atoms with Crippen molar-refractivity contribution < 1.29 is 0 Å². The first-order valence-corrected chi connectivity index (χ1v) is 5.85. The van der Waals surface area contributed by atoms with Crippen LogP contribution in [-0.2, 0) is 6.42 Å². The molecular formula is C10H12BrClN2. The molecule has 1 aromatic rings. The summed E-state index contributed by atoms with van der Waals surface area (Å²) in [6.07, 6.45) is 5.92. The normalized spacial score (nSPS) is 18.2. The van der Waals surface area contributed by atoms with Crippen molar-refractivity contribution in [2.75, 3.05) is 0 Å². The van der Waals surface area contributed by atoms with Gasteiger partial charge in [0.25, 0.3) is 0 Å². The van der Waals surface area contributed by atoms with E-state index in [9.17, 15) is 0 Å². The van der Waals surface area contributed by atoms with Gasteiger partial charge in [-0.25, -0.2) is 4.98 Å². The molecule has 0 atom stereocenters. The summed E-state index contributed by atoms with van der Waals surface area (Å²) in [5.74, 6) is 0. The van der Waals surface area contributed by atoms with Crippen molar-refractivity contribution in [2.45, 2.75) is 31.2 Å². The van der Waals surface area contributed by atoms with Crippen molar-refractivity contribution in [1.29, 1.82) is 0 Å². The molecule has 0 aliphatic heterocycles. The lowest BCUT2D eigenvalue weighted by Crippen LogP contribution is -2.22. The van der Waals surface area contributed by atoms with Crippen LogP contribution >= 0.6 is 27.5 Å². The van der Waals surface area contributed by atoms with E-state index in [2.05, 4.69) is 20.9 Å². The Morgan fingerprint density at radius 1 is 1.57 bits per heavy atom. The van der Waals surface area contributed by atoms with Crippen LogP contribution in [0.25, 0.3) is 0 Å². The van der Waals surface area contributed by atoms with Gasteiger partial charge in [0, 0.05) is 16.2 Å². The van der Waals surface area contributed by atoms with E-state index in [1.807, 2.05) is 6.07 Å². The third-order valence-electron chi connectivity index (χ3n) is 2.66. The number of aromatic nitrogens is 1. The van der Waals surface area contributed by atoms with E-state index < -0.39 is 0 Å². The molecule has 0 spiro atoms. The van der Waals surface area contributed by atoms with Gasteiger partial charge in [0.05, 0.1) is 0 Å². The van der Waals surface area contributed by atoms with Crippen LogP contribution in [-0.4, -0.2) is 10.5 Å². The smallest absolute Gasteiger partial charge is 0.132 e. The quantitative estimate of drug-likeness (QED) is 0.862. The number of hydrogen-bond donors (Lipinski definition) is 1. The molecule has 1 aromatic heterocycles. The molecule has 2 rings (SSSR count). The van der Waals surface area contributed by atoms with Gasteiger partial charge in [-0.3, -0.25) is 0 Å². The van der Waals surface area contributed by atoms with Crippen LogP contribution in [0.3, 0.4) is 0 Å². The number of nitrogens with two attached hydrogens (primary N) is 1. The molecule has 0 saturated heterocycles. The van der Waals surface area contributed by atoms with Crippen LogP contribution in [0.5, 0.6) is 0 Å². The Morgan fingerprint density at radius 2 is 2.29 bits per heavy atom. The Morgan fingerprint density at radius 3 is 2.93 bits per heavy atom. The molecule has 76 valence electrons. The highest BCUT2D eigenvalue weighted by Gasteiger charge is 2.37. The molecule has 1 fully saturated rings. The van der Waals surface area contributed by atoms with Gasteiger partial charge < -0.3 is 5.73 Å². The predicted molar refractivity (Wildman–Crippen MR) is 61.4 cm³/mol. The third-order valence-corrected chi connectivity index (χ3v) is 3.44. The Labute approximate surface area is 97.0 Å².